The minimum atomic E-state index is -1.08. The van der Waals surface area contributed by atoms with Crippen molar-refractivity contribution < 1.29 is 14.7 Å². The van der Waals surface area contributed by atoms with Crippen molar-refractivity contribution in [2.24, 2.45) is 5.92 Å². The third kappa shape index (κ3) is 7.17. The highest BCUT2D eigenvalue weighted by Crippen LogP contribution is 2.27. The van der Waals surface area contributed by atoms with Crippen molar-refractivity contribution in [1.82, 2.24) is 10.6 Å². The molecule has 0 bridgehead atoms. The van der Waals surface area contributed by atoms with Crippen LogP contribution in [0.2, 0.25) is 0 Å². The molecular formula is C32H36N2O3. The first kappa shape index (κ1) is 26.4. The van der Waals surface area contributed by atoms with Crippen LogP contribution in [0.4, 0.5) is 0 Å². The third-order valence-corrected chi connectivity index (χ3v) is 7.12. The van der Waals surface area contributed by atoms with Crippen LogP contribution >= 0.6 is 0 Å². The predicted molar refractivity (Wildman–Crippen MR) is 148 cm³/mol. The van der Waals surface area contributed by atoms with Crippen LogP contribution in [0.25, 0.3) is 11.1 Å². The Morgan fingerprint density at radius 1 is 0.838 bits per heavy atom. The molecule has 3 aromatic rings. The first-order valence-electron chi connectivity index (χ1n) is 13.2. The highest BCUT2D eigenvalue weighted by molar-refractivity contribution is 5.89. The van der Waals surface area contributed by atoms with Crippen molar-refractivity contribution in [3.05, 3.63) is 109 Å². The van der Waals surface area contributed by atoms with Crippen molar-refractivity contribution in [2.75, 3.05) is 0 Å². The Bertz CT molecular complexity index is 1160. The van der Waals surface area contributed by atoms with Crippen LogP contribution in [0.1, 0.15) is 49.3 Å². The summed E-state index contributed by atoms with van der Waals surface area (Å²) in [5.74, 6) is -1.51. The number of benzene rings is 3. The number of carbonyl (C=O) groups excluding carboxylic acids is 2. The molecule has 0 saturated heterocycles. The molecule has 3 atom stereocenters. The Kier molecular flexibility index (Phi) is 9.28. The minimum Gasteiger partial charge on any atom is -0.387 e. The zero-order valence-corrected chi connectivity index (χ0v) is 21.2. The molecule has 4 rings (SSSR count). The normalized spacial score (nSPS) is 16.2. The Balaban J connectivity index is 1.47. The molecule has 0 radical (unpaired) electrons. The van der Waals surface area contributed by atoms with Gasteiger partial charge in [0.1, 0.15) is 6.04 Å². The third-order valence-electron chi connectivity index (χ3n) is 7.12. The summed E-state index contributed by atoms with van der Waals surface area (Å²) >= 11 is 0. The summed E-state index contributed by atoms with van der Waals surface area (Å²) in [4.78, 5) is 26.6. The van der Waals surface area contributed by atoms with Crippen LogP contribution in [0, 0.1) is 5.92 Å². The van der Waals surface area contributed by atoms with Crippen molar-refractivity contribution >= 4 is 11.8 Å². The number of rotatable bonds is 10. The highest BCUT2D eigenvalue weighted by Gasteiger charge is 2.30. The van der Waals surface area contributed by atoms with Crippen molar-refractivity contribution in [3.8, 4) is 11.1 Å². The number of hydrogen-bond acceptors (Lipinski definition) is 3. The lowest BCUT2D eigenvalue weighted by Gasteiger charge is -2.27. The van der Waals surface area contributed by atoms with Crippen LogP contribution in [0.15, 0.2) is 97.6 Å². The van der Waals surface area contributed by atoms with E-state index in [0.717, 1.165) is 42.4 Å². The molecule has 3 N–H and O–H groups in total. The van der Waals surface area contributed by atoms with Gasteiger partial charge in [0, 0.05) is 12.5 Å². The van der Waals surface area contributed by atoms with Gasteiger partial charge in [-0.1, -0.05) is 110 Å². The van der Waals surface area contributed by atoms with Gasteiger partial charge in [-0.2, -0.15) is 0 Å². The van der Waals surface area contributed by atoms with Crippen LogP contribution in [-0.2, 0) is 16.0 Å². The van der Waals surface area contributed by atoms with Gasteiger partial charge in [-0.3, -0.25) is 9.59 Å². The van der Waals surface area contributed by atoms with Gasteiger partial charge in [0.05, 0.1) is 12.0 Å². The number of hydrogen-bond donors (Lipinski definition) is 3. The topological polar surface area (TPSA) is 78.4 Å². The number of amides is 2. The van der Waals surface area contributed by atoms with Gasteiger partial charge in [0.15, 0.2) is 0 Å². The standard InChI is InChI=1S/C32H36N2O3/c1-2-28(30(35)26-20-18-25(19-21-26)24-14-8-4-9-15-24)31(36)34-29(22-23-12-6-3-7-13-23)32(37)33-27-16-10-5-11-17-27/h2-4,6-9,12-15,18-21,27-30,35H,1,5,10-11,16-17,22H2,(H,33,37)(H,34,36)/t28-,29-,30+/m0/s1. The lowest BCUT2D eigenvalue weighted by molar-refractivity contribution is -0.132. The summed E-state index contributed by atoms with van der Waals surface area (Å²) in [5, 5.41) is 17.1. The molecule has 1 fully saturated rings. The fourth-order valence-corrected chi connectivity index (χ4v) is 4.97. The van der Waals surface area contributed by atoms with E-state index in [4.69, 9.17) is 0 Å². The molecule has 5 nitrogen and oxygen atoms in total. The summed E-state index contributed by atoms with van der Waals surface area (Å²) in [6.07, 6.45) is 6.07. The molecule has 0 aliphatic heterocycles. The van der Waals surface area contributed by atoms with E-state index in [1.165, 1.54) is 12.5 Å². The zero-order valence-electron chi connectivity index (χ0n) is 21.2. The second kappa shape index (κ2) is 13.0. The molecule has 1 saturated carbocycles. The maximum atomic E-state index is 13.4. The molecule has 0 spiro atoms. The maximum Gasteiger partial charge on any atom is 0.243 e. The Morgan fingerprint density at radius 2 is 1.43 bits per heavy atom. The van der Waals surface area contributed by atoms with E-state index >= 15 is 0 Å². The predicted octanol–water partition coefficient (Wildman–Crippen LogP) is 5.37. The number of aliphatic hydroxyl groups is 1. The fourth-order valence-electron chi connectivity index (χ4n) is 4.97. The molecule has 1 aliphatic carbocycles. The minimum absolute atomic E-state index is 0.139. The largest absolute Gasteiger partial charge is 0.387 e. The molecule has 2 amide bonds. The number of aliphatic hydroxyl groups excluding tert-OH is 1. The van der Waals surface area contributed by atoms with Gasteiger partial charge >= 0.3 is 0 Å². The van der Waals surface area contributed by atoms with Gasteiger partial charge in [0.2, 0.25) is 11.8 Å². The monoisotopic (exact) mass is 496 g/mol. The van der Waals surface area contributed by atoms with Crippen LogP contribution < -0.4 is 10.6 Å². The second-order valence-corrected chi connectivity index (χ2v) is 9.79. The van der Waals surface area contributed by atoms with Crippen molar-refractivity contribution in [3.63, 3.8) is 0 Å². The molecule has 37 heavy (non-hydrogen) atoms. The molecule has 3 aromatic carbocycles. The van der Waals surface area contributed by atoms with E-state index in [0.29, 0.717) is 12.0 Å². The van der Waals surface area contributed by atoms with Gasteiger partial charge in [-0.25, -0.2) is 0 Å². The van der Waals surface area contributed by atoms with E-state index in [-0.39, 0.29) is 11.9 Å². The average molecular weight is 497 g/mol. The summed E-state index contributed by atoms with van der Waals surface area (Å²) in [5.41, 5.74) is 3.68. The van der Waals surface area contributed by atoms with Gasteiger partial charge in [-0.05, 0) is 35.1 Å². The molecule has 0 unspecified atom stereocenters. The second-order valence-electron chi connectivity index (χ2n) is 9.79. The SMILES string of the molecule is C=C[C@H](C(=O)N[C@@H](Cc1ccccc1)C(=O)NC1CCCCC1)[C@H](O)c1ccc(-c2ccccc2)cc1. The van der Waals surface area contributed by atoms with Gasteiger partial charge in [-0.15, -0.1) is 6.58 Å². The first-order valence-corrected chi connectivity index (χ1v) is 13.2. The van der Waals surface area contributed by atoms with Gasteiger partial charge < -0.3 is 15.7 Å². The molecule has 5 heteroatoms. The molecule has 1 aliphatic rings. The van der Waals surface area contributed by atoms with E-state index in [1.54, 1.807) is 0 Å². The van der Waals surface area contributed by atoms with E-state index in [9.17, 15) is 14.7 Å². The van der Waals surface area contributed by atoms with Crippen LogP contribution in [-0.4, -0.2) is 29.0 Å². The zero-order chi connectivity index (χ0) is 26.0. The fraction of sp³-hybridized carbons (Fsp3) is 0.312. The summed E-state index contributed by atoms with van der Waals surface area (Å²) in [7, 11) is 0. The molecular weight excluding hydrogens is 460 g/mol. The molecule has 192 valence electrons. The Morgan fingerprint density at radius 3 is 2.05 bits per heavy atom. The number of carbonyl (C=O) groups is 2. The number of nitrogens with one attached hydrogen (secondary N) is 2. The van der Waals surface area contributed by atoms with E-state index in [1.807, 2.05) is 84.9 Å². The quantitative estimate of drug-likeness (QED) is 0.331. The summed E-state index contributed by atoms with van der Waals surface area (Å²) < 4.78 is 0. The van der Waals surface area contributed by atoms with E-state index in [2.05, 4.69) is 17.2 Å². The summed E-state index contributed by atoms with van der Waals surface area (Å²) in [6, 6.07) is 26.5. The lowest BCUT2D eigenvalue weighted by atomic mass is 9.92. The molecule has 0 heterocycles. The van der Waals surface area contributed by atoms with Crippen molar-refractivity contribution in [1.29, 1.82) is 0 Å². The van der Waals surface area contributed by atoms with Crippen LogP contribution in [0.5, 0.6) is 0 Å². The maximum absolute atomic E-state index is 13.4. The smallest absolute Gasteiger partial charge is 0.243 e. The van der Waals surface area contributed by atoms with Crippen molar-refractivity contribution in [2.45, 2.75) is 56.7 Å². The first-order chi connectivity index (χ1) is 18.0. The van der Waals surface area contributed by atoms with Gasteiger partial charge in [0.25, 0.3) is 0 Å². The Hall–Kier alpha value is -3.70. The summed E-state index contributed by atoms with van der Waals surface area (Å²) in [6.45, 7) is 3.80. The molecule has 0 aromatic heterocycles. The van der Waals surface area contributed by atoms with Crippen LogP contribution in [0.3, 0.4) is 0 Å². The highest BCUT2D eigenvalue weighted by atomic mass is 16.3. The lowest BCUT2D eigenvalue weighted by Crippen LogP contribution is -2.52. The van der Waals surface area contributed by atoms with E-state index < -0.39 is 24.0 Å². The Labute approximate surface area is 219 Å². The average Bonchev–Trinajstić information content (AvgIpc) is 2.94.